The van der Waals surface area contributed by atoms with E-state index in [0.717, 1.165) is 23.5 Å². The molecule has 2 aromatic heterocycles. The van der Waals surface area contributed by atoms with Crippen LogP contribution in [0.1, 0.15) is 34.0 Å². The highest BCUT2D eigenvalue weighted by molar-refractivity contribution is 7.89. The van der Waals surface area contributed by atoms with E-state index in [4.69, 9.17) is 9.15 Å². The summed E-state index contributed by atoms with van der Waals surface area (Å²) in [6, 6.07) is 8.01. The molecule has 1 aliphatic heterocycles. The number of aryl methyl sites for hydroxylation is 1. The van der Waals surface area contributed by atoms with Crippen LogP contribution >= 0.6 is 11.3 Å². The molecule has 0 bridgehead atoms. The molecule has 164 valence electrons. The number of methoxy groups -OCH3 is 1. The van der Waals surface area contributed by atoms with Gasteiger partial charge >= 0.3 is 0 Å². The average molecular weight is 462 g/mol. The number of carbonyl (C=O) groups excluding carboxylic acids is 1. The molecule has 10 heteroatoms. The van der Waals surface area contributed by atoms with Crippen molar-refractivity contribution in [2.45, 2.75) is 31.2 Å². The van der Waals surface area contributed by atoms with Crippen molar-refractivity contribution in [3.8, 4) is 17.2 Å². The Bertz CT molecular complexity index is 1190. The van der Waals surface area contributed by atoms with E-state index in [0.29, 0.717) is 24.6 Å². The van der Waals surface area contributed by atoms with Crippen molar-refractivity contribution in [3.05, 3.63) is 52.0 Å². The van der Waals surface area contributed by atoms with Gasteiger partial charge in [-0.1, -0.05) is 0 Å². The third-order valence-corrected chi connectivity index (χ3v) is 7.76. The van der Waals surface area contributed by atoms with E-state index in [1.807, 2.05) is 18.4 Å². The zero-order valence-electron chi connectivity index (χ0n) is 17.3. The molecule has 1 aliphatic rings. The summed E-state index contributed by atoms with van der Waals surface area (Å²) in [6.07, 6.45) is 1.65. The summed E-state index contributed by atoms with van der Waals surface area (Å²) in [5.74, 6) is 1.03. The Morgan fingerprint density at radius 2 is 2.03 bits per heavy atom. The summed E-state index contributed by atoms with van der Waals surface area (Å²) in [6.45, 7) is 3.04. The van der Waals surface area contributed by atoms with Gasteiger partial charge in [0, 0.05) is 24.0 Å². The zero-order chi connectivity index (χ0) is 22.0. The molecule has 1 fully saturated rings. The molecule has 0 aliphatic carbocycles. The van der Waals surface area contributed by atoms with E-state index >= 15 is 0 Å². The fraction of sp³-hybridized carbons (Fsp3) is 0.333. The first kappa shape index (κ1) is 21.5. The highest BCUT2D eigenvalue weighted by Crippen LogP contribution is 2.30. The first-order valence-electron chi connectivity index (χ1n) is 9.86. The summed E-state index contributed by atoms with van der Waals surface area (Å²) >= 11 is 1.54. The first-order valence-corrected chi connectivity index (χ1v) is 12.2. The standard InChI is InChI=1S/C21H23N3O5S2/c1-14-23-17(13-30-14)18-8-6-16(29-18)12-22-21(25)15-5-7-19(28-2)20(11-15)31(26,27)24-9-3-4-10-24/h5-8,11,13H,3-4,9-10,12H2,1-2H3,(H,22,25). The maximum absolute atomic E-state index is 13.0. The summed E-state index contributed by atoms with van der Waals surface area (Å²) in [5.41, 5.74) is 0.993. The van der Waals surface area contributed by atoms with Crippen molar-refractivity contribution < 1.29 is 22.4 Å². The molecule has 3 heterocycles. The van der Waals surface area contributed by atoms with Gasteiger partial charge in [0.2, 0.25) is 10.0 Å². The molecule has 8 nitrogen and oxygen atoms in total. The van der Waals surface area contributed by atoms with Gasteiger partial charge in [0.05, 0.1) is 18.7 Å². The number of benzene rings is 1. The van der Waals surface area contributed by atoms with Crippen LogP contribution < -0.4 is 10.1 Å². The molecule has 1 aromatic carbocycles. The van der Waals surface area contributed by atoms with Crippen molar-refractivity contribution in [1.29, 1.82) is 0 Å². The van der Waals surface area contributed by atoms with Crippen LogP contribution in [0.15, 0.2) is 45.0 Å². The van der Waals surface area contributed by atoms with Crippen molar-refractivity contribution in [2.24, 2.45) is 0 Å². The number of furan rings is 1. The first-order chi connectivity index (χ1) is 14.9. The molecule has 31 heavy (non-hydrogen) atoms. The van der Waals surface area contributed by atoms with Gasteiger partial charge in [0.1, 0.15) is 22.1 Å². The van der Waals surface area contributed by atoms with Gasteiger partial charge in [-0.05, 0) is 50.1 Å². The summed E-state index contributed by atoms with van der Waals surface area (Å²) in [7, 11) is -2.31. The van der Waals surface area contributed by atoms with Crippen LogP contribution in [0.4, 0.5) is 0 Å². The number of hydrogen-bond donors (Lipinski definition) is 1. The summed E-state index contributed by atoms with van der Waals surface area (Å²) in [5, 5.41) is 5.63. The van der Waals surface area contributed by atoms with E-state index < -0.39 is 15.9 Å². The van der Waals surface area contributed by atoms with Crippen LogP contribution in [-0.2, 0) is 16.6 Å². The molecule has 1 amide bonds. The lowest BCUT2D eigenvalue weighted by molar-refractivity contribution is 0.0948. The highest BCUT2D eigenvalue weighted by atomic mass is 32.2. The van der Waals surface area contributed by atoms with Gasteiger partial charge in [-0.3, -0.25) is 4.79 Å². The zero-order valence-corrected chi connectivity index (χ0v) is 18.9. The monoisotopic (exact) mass is 461 g/mol. The molecule has 1 N–H and O–H groups in total. The van der Waals surface area contributed by atoms with E-state index in [2.05, 4.69) is 10.3 Å². The number of amides is 1. The second-order valence-electron chi connectivity index (χ2n) is 7.18. The molecule has 4 rings (SSSR count). The van der Waals surface area contributed by atoms with Crippen molar-refractivity contribution in [3.63, 3.8) is 0 Å². The predicted octanol–water partition coefficient (Wildman–Crippen LogP) is 3.43. The molecular weight excluding hydrogens is 438 g/mol. The number of thiazole rings is 1. The third-order valence-electron chi connectivity index (χ3n) is 5.06. The van der Waals surface area contributed by atoms with Crippen LogP contribution in [0.5, 0.6) is 5.75 Å². The second kappa shape index (κ2) is 8.81. The maximum Gasteiger partial charge on any atom is 0.251 e. The minimum Gasteiger partial charge on any atom is -0.495 e. The van der Waals surface area contributed by atoms with Gasteiger partial charge < -0.3 is 14.5 Å². The number of nitrogens with one attached hydrogen (secondary N) is 1. The van der Waals surface area contributed by atoms with E-state index in [-0.39, 0.29) is 22.8 Å². The molecule has 0 saturated carbocycles. The van der Waals surface area contributed by atoms with Crippen LogP contribution in [0.2, 0.25) is 0 Å². The minimum absolute atomic E-state index is 0.00346. The Hall–Kier alpha value is -2.69. The van der Waals surface area contributed by atoms with Crippen molar-refractivity contribution in [2.75, 3.05) is 20.2 Å². The molecular formula is C21H23N3O5S2. The third kappa shape index (κ3) is 4.51. The number of ether oxygens (including phenoxy) is 1. The largest absolute Gasteiger partial charge is 0.495 e. The predicted molar refractivity (Wildman–Crippen MR) is 117 cm³/mol. The lowest BCUT2D eigenvalue weighted by atomic mass is 10.2. The number of aromatic nitrogens is 1. The van der Waals surface area contributed by atoms with Gasteiger partial charge in [0.25, 0.3) is 5.91 Å². The van der Waals surface area contributed by atoms with Gasteiger partial charge in [-0.2, -0.15) is 4.31 Å². The van der Waals surface area contributed by atoms with Crippen LogP contribution in [0, 0.1) is 6.92 Å². The number of hydrogen-bond acceptors (Lipinski definition) is 7. The molecule has 3 aromatic rings. The Kier molecular flexibility index (Phi) is 6.12. The Labute approximate surface area is 184 Å². The Morgan fingerprint density at radius 3 is 2.71 bits per heavy atom. The van der Waals surface area contributed by atoms with Gasteiger partial charge in [-0.25, -0.2) is 13.4 Å². The Balaban J connectivity index is 1.49. The van der Waals surface area contributed by atoms with Crippen molar-refractivity contribution in [1.82, 2.24) is 14.6 Å². The maximum atomic E-state index is 13.0. The average Bonchev–Trinajstić information content (AvgIpc) is 3.53. The SMILES string of the molecule is COc1ccc(C(=O)NCc2ccc(-c3csc(C)n3)o2)cc1S(=O)(=O)N1CCCC1. The topological polar surface area (TPSA) is 102 Å². The molecule has 0 unspecified atom stereocenters. The van der Waals surface area contributed by atoms with E-state index in [9.17, 15) is 13.2 Å². The lowest BCUT2D eigenvalue weighted by Gasteiger charge is -2.18. The van der Waals surface area contributed by atoms with E-state index in [1.165, 1.54) is 34.9 Å². The minimum atomic E-state index is -3.73. The second-order valence-corrected chi connectivity index (χ2v) is 10.1. The number of sulfonamides is 1. The number of rotatable bonds is 7. The molecule has 1 saturated heterocycles. The number of carbonyl (C=O) groups is 1. The van der Waals surface area contributed by atoms with Crippen LogP contribution in [0.3, 0.4) is 0 Å². The highest BCUT2D eigenvalue weighted by Gasteiger charge is 2.30. The Morgan fingerprint density at radius 1 is 1.26 bits per heavy atom. The fourth-order valence-corrected chi connectivity index (χ4v) is 5.74. The van der Waals surface area contributed by atoms with Gasteiger partial charge in [0.15, 0.2) is 5.76 Å². The van der Waals surface area contributed by atoms with E-state index in [1.54, 1.807) is 12.1 Å². The number of nitrogens with zero attached hydrogens (tertiary/aromatic N) is 2. The molecule has 0 radical (unpaired) electrons. The summed E-state index contributed by atoms with van der Waals surface area (Å²) < 4.78 is 38.4. The van der Waals surface area contributed by atoms with Crippen LogP contribution in [0.25, 0.3) is 11.5 Å². The van der Waals surface area contributed by atoms with Crippen molar-refractivity contribution >= 4 is 27.3 Å². The normalized spacial score (nSPS) is 14.6. The molecule has 0 atom stereocenters. The summed E-state index contributed by atoms with van der Waals surface area (Å²) in [4.78, 5) is 17.1. The fourth-order valence-electron chi connectivity index (χ4n) is 3.44. The lowest BCUT2D eigenvalue weighted by Crippen LogP contribution is -2.29. The quantitative estimate of drug-likeness (QED) is 0.578. The van der Waals surface area contributed by atoms with Crippen LogP contribution in [-0.4, -0.2) is 43.8 Å². The molecule has 0 spiro atoms. The van der Waals surface area contributed by atoms with Gasteiger partial charge in [-0.15, -0.1) is 11.3 Å². The smallest absolute Gasteiger partial charge is 0.251 e.